The monoisotopic (exact) mass is 616 g/mol. The number of methoxy groups -OCH3 is 1. The number of carbonyl (C=O) groups excluding carboxylic acids is 3. The van der Waals surface area contributed by atoms with Crippen LogP contribution >= 0.6 is 0 Å². The molecular weight excluding hydrogens is 560 g/mol. The summed E-state index contributed by atoms with van der Waals surface area (Å²) in [6.07, 6.45) is 2.95. The van der Waals surface area contributed by atoms with E-state index in [0.29, 0.717) is 37.5 Å². The lowest BCUT2D eigenvalue weighted by Gasteiger charge is -2.31. The summed E-state index contributed by atoms with van der Waals surface area (Å²) in [5.74, 6) is 0.251. The SMILES string of the molecule is COCCCOc1cc2c(cc1NC(=O)C[C@@H](C[C@H](NC(=O)OC(C)(C)C)[C@@H]1C[C@@H](C(C)C)C(=O)O1)C(C)C)C(C)(C)CC2. The summed E-state index contributed by atoms with van der Waals surface area (Å²) < 4.78 is 22.7. The molecular formula is C35H56N2O7. The quantitative estimate of drug-likeness (QED) is 0.175. The summed E-state index contributed by atoms with van der Waals surface area (Å²) in [7, 11) is 1.67. The molecule has 1 aliphatic carbocycles. The first-order valence-electron chi connectivity index (χ1n) is 16.3. The Balaban J connectivity index is 1.80. The van der Waals surface area contributed by atoms with Crippen LogP contribution in [0.2, 0.25) is 0 Å². The lowest BCUT2D eigenvalue weighted by molar-refractivity contribution is -0.146. The molecule has 44 heavy (non-hydrogen) atoms. The second-order valence-electron chi connectivity index (χ2n) is 14.9. The number of hydrogen-bond donors (Lipinski definition) is 2. The normalized spacial score (nSPS) is 20.7. The van der Waals surface area contributed by atoms with Gasteiger partial charge in [0, 0.05) is 26.6 Å². The molecule has 0 spiro atoms. The number of cyclic esters (lactones) is 1. The van der Waals surface area contributed by atoms with Crippen molar-refractivity contribution in [2.45, 2.75) is 124 Å². The van der Waals surface area contributed by atoms with Gasteiger partial charge in [-0.05, 0) is 92.9 Å². The topological polar surface area (TPSA) is 112 Å². The molecule has 2 amide bonds. The van der Waals surface area contributed by atoms with Gasteiger partial charge >= 0.3 is 12.1 Å². The summed E-state index contributed by atoms with van der Waals surface area (Å²) in [5.41, 5.74) is 2.53. The molecule has 9 heteroatoms. The first-order chi connectivity index (χ1) is 20.5. The minimum Gasteiger partial charge on any atom is -0.491 e. The van der Waals surface area contributed by atoms with Gasteiger partial charge in [0.15, 0.2) is 0 Å². The third-order valence-corrected chi connectivity index (χ3v) is 8.94. The third kappa shape index (κ3) is 9.85. The Labute approximate surface area is 264 Å². The van der Waals surface area contributed by atoms with Crippen LogP contribution < -0.4 is 15.4 Å². The van der Waals surface area contributed by atoms with Crippen molar-refractivity contribution in [3.8, 4) is 5.75 Å². The highest BCUT2D eigenvalue weighted by atomic mass is 16.6. The fraction of sp³-hybridized carbons (Fsp3) is 0.743. The molecule has 0 aromatic heterocycles. The molecule has 1 saturated heterocycles. The van der Waals surface area contributed by atoms with Crippen LogP contribution in [-0.2, 0) is 35.6 Å². The number of benzene rings is 1. The fourth-order valence-corrected chi connectivity index (χ4v) is 6.18. The van der Waals surface area contributed by atoms with Gasteiger partial charge in [-0.3, -0.25) is 9.59 Å². The van der Waals surface area contributed by atoms with Crippen molar-refractivity contribution in [3.63, 3.8) is 0 Å². The van der Waals surface area contributed by atoms with Crippen molar-refractivity contribution in [1.29, 1.82) is 0 Å². The maximum Gasteiger partial charge on any atom is 0.408 e. The Morgan fingerprint density at radius 3 is 2.41 bits per heavy atom. The highest BCUT2D eigenvalue weighted by Gasteiger charge is 2.42. The molecule has 0 unspecified atom stereocenters. The zero-order valence-corrected chi connectivity index (χ0v) is 28.6. The number of nitrogens with one attached hydrogen (secondary N) is 2. The first kappa shape index (κ1) is 35.7. The Hall–Kier alpha value is -2.81. The number of carbonyl (C=O) groups is 3. The standard InChI is InChI=1S/C35H56N2O7/c1-21(2)24(16-27(37-33(40)44-34(5,6)7)30-19-25(22(3)4)32(39)43-30)18-31(38)36-28-20-26-23(12-13-35(26,8)9)17-29(28)42-15-11-14-41-10/h17,20-22,24-25,27,30H,11-16,18-19H2,1-10H3,(H,36,38)(H,37,40)/t24-,25+,27+,30+/m1/s1. The van der Waals surface area contributed by atoms with E-state index in [4.69, 9.17) is 18.9 Å². The molecule has 4 atom stereocenters. The number of anilines is 1. The third-order valence-electron chi connectivity index (χ3n) is 8.94. The molecule has 1 fully saturated rings. The lowest BCUT2D eigenvalue weighted by Crippen LogP contribution is -2.47. The van der Waals surface area contributed by atoms with Crippen LogP contribution in [0.15, 0.2) is 12.1 Å². The van der Waals surface area contributed by atoms with Crippen LogP contribution in [0.3, 0.4) is 0 Å². The summed E-state index contributed by atoms with van der Waals surface area (Å²) >= 11 is 0. The molecule has 1 heterocycles. The van der Waals surface area contributed by atoms with Gasteiger partial charge in [-0.25, -0.2) is 4.79 Å². The Kier molecular flexibility index (Phi) is 12.1. The Morgan fingerprint density at radius 1 is 1.11 bits per heavy atom. The number of hydrogen-bond acceptors (Lipinski definition) is 7. The van der Waals surface area contributed by atoms with E-state index in [1.165, 1.54) is 11.1 Å². The van der Waals surface area contributed by atoms with Gasteiger partial charge in [0.2, 0.25) is 5.91 Å². The largest absolute Gasteiger partial charge is 0.491 e. The van der Waals surface area contributed by atoms with Crippen molar-refractivity contribution in [3.05, 3.63) is 23.3 Å². The van der Waals surface area contributed by atoms with Crippen molar-refractivity contribution in [1.82, 2.24) is 5.32 Å². The molecule has 1 aromatic rings. The number of ether oxygens (including phenoxy) is 4. The van der Waals surface area contributed by atoms with Crippen LogP contribution in [0.25, 0.3) is 0 Å². The molecule has 0 bridgehead atoms. The van der Waals surface area contributed by atoms with Crippen molar-refractivity contribution >= 4 is 23.7 Å². The van der Waals surface area contributed by atoms with Gasteiger partial charge in [0.25, 0.3) is 0 Å². The van der Waals surface area contributed by atoms with Gasteiger partial charge in [-0.1, -0.05) is 41.5 Å². The van der Waals surface area contributed by atoms with Crippen LogP contribution in [-0.4, -0.2) is 56.0 Å². The number of alkyl carbamates (subject to hydrolysis) is 1. The predicted octanol–water partition coefficient (Wildman–Crippen LogP) is 6.80. The van der Waals surface area contributed by atoms with Gasteiger partial charge in [-0.2, -0.15) is 0 Å². The van der Waals surface area contributed by atoms with Crippen LogP contribution in [0, 0.1) is 23.7 Å². The number of fused-ring (bicyclic) bond motifs is 1. The zero-order chi connectivity index (χ0) is 32.8. The van der Waals surface area contributed by atoms with Crippen LogP contribution in [0.1, 0.15) is 106 Å². The Morgan fingerprint density at radius 2 is 1.82 bits per heavy atom. The van der Waals surface area contributed by atoms with E-state index >= 15 is 0 Å². The number of amides is 2. The van der Waals surface area contributed by atoms with Gasteiger partial charge in [0.1, 0.15) is 17.5 Å². The van der Waals surface area contributed by atoms with Gasteiger partial charge in [-0.15, -0.1) is 0 Å². The molecule has 1 aliphatic heterocycles. The van der Waals surface area contributed by atoms with E-state index in [2.05, 4.69) is 50.5 Å². The molecule has 1 aromatic carbocycles. The summed E-state index contributed by atoms with van der Waals surface area (Å²) in [6.45, 7) is 19.1. The zero-order valence-electron chi connectivity index (χ0n) is 28.6. The van der Waals surface area contributed by atoms with Crippen molar-refractivity contribution in [2.24, 2.45) is 23.7 Å². The molecule has 9 nitrogen and oxygen atoms in total. The smallest absolute Gasteiger partial charge is 0.408 e. The average molecular weight is 617 g/mol. The van der Waals surface area contributed by atoms with E-state index in [-0.39, 0.29) is 47.4 Å². The van der Waals surface area contributed by atoms with Gasteiger partial charge < -0.3 is 29.6 Å². The van der Waals surface area contributed by atoms with E-state index in [1.54, 1.807) is 7.11 Å². The number of aryl methyl sites for hydroxylation is 1. The van der Waals surface area contributed by atoms with E-state index in [0.717, 1.165) is 19.3 Å². The lowest BCUT2D eigenvalue weighted by atomic mass is 9.83. The molecule has 3 rings (SSSR count). The van der Waals surface area contributed by atoms with Crippen LogP contribution in [0.4, 0.5) is 10.5 Å². The molecule has 0 saturated carbocycles. The average Bonchev–Trinajstić information content (AvgIpc) is 3.43. The summed E-state index contributed by atoms with van der Waals surface area (Å²) in [5, 5.41) is 6.14. The van der Waals surface area contributed by atoms with Crippen molar-refractivity contribution in [2.75, 3.05) is 25.6 Å². The molecule has 248 valence electrons. The highest BCUT2D eigenvalue weighted by Crippen LogP contribution is 2.43. The summed E-state index contributed by atoms with van der Waals surface area (Å²) in [4.78, 5) is 39.2. The van der Waals surface area contributed by atoms with Gasteiger partial charge in [0.05, 0.1) is 24.3 Å². The summed E-state index contributed by atoms with van der Waals surface area (Å²) in [6, 6.07) is 3.66. The maximum atomic E-state index is 13.6. The number of rotatable bonds is 14. The highest BCUT2D eigenvalue weighted by molar-refractivity contribution is 5.92. The maximum absolute atomic E-state index is 13.6. The number of esters is 1. The van der Waals surface area contributed by atoms with E-state index in [9.17, 15) is 14.4 Å². The van der Waals surface area contributed by atoms with E-state index < -0.39 is 23.8 Å². The van der Waals surface area contributed by atoms with Crippen LogP contribution in [0.5, 0.6) is 5.75 Å². The molecule has 0 radical (unpaired) electrons. The second-order valence-corrected chi connectivity index (χ2v) is 14.9. The molecule has 2 N–H and O–H groups in total. The van der Waals surface area contributed by atoms with E-state index in [1.807, 2.05) is 34.6 Å². The first-order valence-corrected chi connectivity index (χ1v) is 16.3. The minimum absolute atomic E-state index is 0.0248. The molecule has 2 aliphatic rings. The van der Waals surface area contributed by atoms with Crippen molar-refractivity contribution < 1.29 is 33.3 Å². The fourth-order valence-electron chi connectivity index (χ4n) is 6.18. The Bertz CT molecular complexity index is 1150. The minimum atomic E-state index is -0.674. The predicted molar refractivity (Wildman–Crippen MR) is 172 cm³/mol. The second kappa shape index (κ2) is 15.0.